The molecule has 0 unspecified atom stereocenters. The number of rotatable bonds is 4. The summed E-state index contributed by atoms with van der Waals surface area (Å²) in [7, 11) is 1.95. The zero-order chi connectivity index (χ0) is 27.1. The molecule has 1 aliphatic heterocycles. The number of H-pyrrole nitrogens is 1. The molecular weight excluding hydrogens is 497 g/mol. The van der Waals surface area contributed by atoms with Crippen LogP contribution in [-0.2, 0) is 6.18 Å². The minimum atomic E-state index is -4.97. The van der Waals surface area contributed by atoms with Crippen LogP contribution in [0, 0.1) is 11.6 Å². The maximum Gasteiger partial charge on any atom is 0.417 e. The number of anilines is 2. The number of hydrogen-bond donors (Lipinski definition) is 2. The minimum absolute atomic E-state index is 0.0222. The molecule has 1 amide bonds. The molecule has 2 atom stereocenters. The smallest absolute Gasteiger partial charge is 0.367 e. The number of carbonyl (C=O) groups excluding carboxylic acids is 1. The van der Waals surface area contributed by atoms with Gasteiger partial charge in [-0.3, -0.25) is 19.5 Å². The molecule has 0 saturated carbocycles. The van der Waals surface area contributed by atoms with Crippen molar-refractivity contribution in [1.82, 2.24) is 14.9 Å². The van der Waals surface area contributed by atoms with E-state index in [1.807, 2.05) is 25.8 Å². The number of aromatic amines is 1. The van der Waals surface area contributed by atoms with Crippen molar-refractivity contribution in [2.24, 2.45) is 0 Å². The maximum atomic E-state index is 15.3. The molecule has 1 fully saturated rings. The van der Waals surface area contributed by atoms with Gasteiger partial charge in [-0.2, -0.15) is 13.2 Å². The van der Waals surface area contributed by atoms with Gasteiger partial charge in [0.2, 0.25) is 5.56 Å². The molecule has 1 aliphatic rings. The molecule has 37 heavy (non-hydrogen) atoms. The summed E-state index contributed by atoms with van der Waals surface area (Å²) in [6, 6.07) is 3.87. The predicted molar refractivity (Wildman–Crippen MR) is 129 cm³/mol. The summed E-state index contributed by atoms with van der Waals surface area (Å²) in [5.41, 5.74) is -2.98. The fourth-order valence-corrected chi connectivity index (χ4v) is 4.39. The zero-order valence-electron chi connectivity index (χ0n) is 20.2. The quantitative estimate of drug-likeness (QED) is 0.494. The molecule has 1 saturated heterocycles. The molecule has 0 bridgehead atoms. The lowest BCUT2D eigenvalue weighted by Gasteiger charge is -2.44. The van der Waals surface area contributed by atoms with E-state index in [9.17, 15) is 27.2 Å². The van der Waals surface area contributed by atoms with E-state index in [0.29, 0.717) is 25.4 Å². The van der Waals surface area contributed by atoms with E-state index in [2.05, 4.69) is 20.2 Å². The highest BCUT2D eigenvalue weighted by Crippen LogP contribution is 2.37. The average molecular weight is 521 g/mol. The Morgan fingerprint density at radius 2 is 1.76 bits per heavy atom. The van der Waals surface area contributed by atoms with Crippen molar-refractivity contribution in [3.8, 4) is 11.1 Å². The van der Waals surface area contributed by atoms with Crippen molar-refractivity contribution >= 4 is 17.3 Å². The number of halogens is 5. The van der Waals surface area contributed by atoms with E-state index in [1.54, 1.807) is 0 Å². The number of piperazine rings is 1. The lowest BCUT2D eigenvalue weighted by Crippen LogP contribution is -2.55. The molecule has 7 nitrogen and oxygen atoms in total. The molecule has 196 valence electrons. The van der Waals surface area contributed by atoms with Gasteiger partial charge in [0.1, 0.15) is 11.6 Å². The Morgan fingerprint density at radius 1 is 1.08 bits per heavy atom. The highest BCUT2D eigenvalue weighted by molar-refractivity contribution is 6.07. The number of nitrogens with zero attached hydrogens (tertiary/aromatic N) is 3. The van der Waals surface area contributed by atoms with E-state index >= 15 is 4.39 Å². The molecule has 12 heteroatoms. The minimum Gasteiger partial charge on any atom is -0.367 e. The second-order valence-corrected chi connectivity index (χ2v) is 9.09. The number of nitrogens with one attached hydrogen (secondary N) is 2. The Kier molecular flexibility index (Phi) is 7.05. The summed E-state index contributed by atoms with van der Waals surface area (Å²) >= 11 is 0. The van der Waals surface area contributed by atoms with Crippen LogP contribution >= 0.6 is 0 Å². The monoisotopic (exact) mass is 521 g/mol. The largest absolute Gasteiger partial charge is 0.417 e. The van der Waals surface area contributed by atoms with Gasteiger partial charge in [0.05, 0.1) is 28.7 Å². The van der Waals surface area contributed by atoms with Gasteiger partial charge in [-0.05, 0) is 39.1 Å². The molecule has 3 aromatic rings. The van der Waals surface area contributed by atoms with Crippen LogP contribution in [-0.4, -0.2) is 53.0 Å². The van der Waals surface area contributed by atoms with Crippen molar-refractivity contribution in [2.45, 2.75) is 32.1 Å². The summed E-state index contributed by atoms with van der Waals surface area (Å²) < 4.78 is 69.8. The molecule has 0 spiro atoms. The fourth-order valence-electron chi connectivity index (χ4n) is 4.39. The third-order valence-corrected chi connectivity index (χ3v) is 6.52. The number of carbonyl (C=O) groups is 1. The highest BCUT2D eigenvalue weighted by atomic mass is 19.4. The summed E-state index contributed by atoms with van der Waals surface area (Å²) in [6.07, 6.45) is -2.11. The first-order valence-electron chi connectivity index (χ1n) is 11.4. The van der Waals surface area contributed by atoms with Crippen LogP contribution in [0.3, 0.4) is 0 Å². The Bertz CT molecular complexity index is 1380. The van der Waals surface area contributed by atoms with Crippen molar-refractivity contribution in [2.75, 3.05) is 30.4 Å². The first-order chi connectivity index (χ1) is 17.3. The molecular formula is C25H24F5N5O2. The van der Waals surface area contributed by atoms with Crippen molar-refractivity contribution in [3.05, 3.63) is 76.0 Å². The predicted octanol–water partition coefficient (Wildman–Crippen LogP) is 4.52. The van der Waals surface area contributed by atoms with E-state index in [0.717, 1.165) is 18.3 Å². The fraction of sp³-hybridized carbons (Fsp3) is 0.320. The van der Waals surface area contributed by atoms with E-state index < -0.39 is 40.4 Å². The Hall–Kier alpha value is -3.80. The van der Waals surface area contributed by atoms with Gasteiger partial charge in [0, 0.05) is 54.8 Å². The normalized spacial score (nSPS) is 18.6. The highest BCUT2D eigenvalue weighted by Gasteiger charge is 2.36. The van der Waals surface area contributed by atoms with E-state index in [1.165, 1.54) is 12.3 Å². The molecule has 0 radical (unpaired) electrons. The van der Waals surface area contributed by atoms with Crippen LogP contribution in [0.25, 0.3) is 11.1 Å². The van der Waals surface area contributed by atoms with Gasteiger partial charge in [-0.1, -0.05) is 0 Å². The standard InChI is InChI=1S/C25H24F5N5O2/c1-13-11-35(12-14(2)34(13)3)22-7-20(27)17(15-4-16(26)9-31-8-15)5-21(22)33-24(37)18-10-32-23(36)6-19(18)25(28,29)30/h4-10,13-14H,11-12H2,1-3H3,(H,32,36)(H,33,37)/t13-,14+. The Balaban J connectivity index is 1.82. The van der Waals surface area contributed by atoms with Crippen molar-refractivity contribution < 1.29 is 26.7 Å². The van der Waals surface area contributed by atoms with Gasteiger partial charge in [-0.25, -0.2) is 8.78 Å². The van der Waals surface area contributed by atoms with Crippen molar-refractivity contribution in [3.63, 3.8) is 0 Å². The first-order valence-corrected chi connectivity index (χ1v) is 11.4. The SMILES string of the molecule is C[C@@H]1CN(c2cc(F)c(-c3cncc(F)c3)cc2NC(=O)c2c[nH]c(=O)cc2C(F)(F)F)C[C@H](C)N1C. The van der Waals surface area contributed by atoms with Crippen LogP contribution in [0.1, 0.15) is 29.8 Å². The van der Waals surface area contributed by atoms with Crippen LogP contribution in [0.5, 0.6) is 0 Å². The average Bonchev–Trinajstić information content (AvgIpc) is 2.82. The van der Waals surface area contributed by atoms with Crippen LogP contribution in [0.2, 0.25) is 0 Å². The van der Waals surface area contributed by atoms with Crippen LogP contribution in [0.15, 0.2) is 47.7 Å². The summed E-state index contributed by atoms with van der Waals surface area (Å²) in [6.45, 7) is 4.85. The lowest BCUT2D eigenvalue weighted by atomic mass is 10.0. The second kappa shape index (κ2) is 9.92. The number of benzene rings is 1. The topological polar surface area (TPSA) is 81.3 Å². The third-order valence-electron chi connectivity index (χ3n) is 6.52. The van der Waals surface area contributed by atoms with Gasteiger partial charge < -0.3 is 15.2 Å². The number of hydrogen-bond acceptors (Lipinski definition) is 5. The van der Waals surface area contributed by atoms with Gasteiger partial charge >= 0.3 is 6.18 Å². The number of amides is 1. The molecule has 2 aromatic heterocycles. The number of pyridine rings is 2. The second-order valence-electron chi connectivity index (χ2n) is 9.09. The number of aromatic nitrogens is 2. The van der Waals surface area contributed by atoms with Crippen LogP contribution < -0.4 is 15.8 Å². The number of alkyl halides is 3. The van der Waals surface area contributed by atoms with Crippen molar-refractivity contribution in [1.29, 1.82) is 0 Å². The summed E-state index contributed by atoms with van der Waals surface area (Å²) in [5, 5.41) is 2.45. The lowest BCUT2D eigenvalue weighted by molar-refractivity contribution is -0.138. The maximum absolute atomic E-state index is 15.3. The zero-order valence-corrected chi connectivity index (χ0v) is 20.2. The first kappa shape index (κ1) is 26.3. The van der Waals surface area contributed by atoms with E-state index in [-0.39, 0.29) is 34.6 Å². The molecule has 2 N–H and O–H groups in total. The Morgan fingerprint density at radius 3 is 2.38 bits per heavy atom. The molecule has 3 heterocycles. The summed E-state index contributed by atoms with van der Waals surface area (Å²) in [5.74, 6) is -2.59. The summed E-state index contributed by atoms with van der Waals surface area (Å²) in [4.78, 5) is 34.4. The Labute approximate surface area is 208 Å². The number of likely N-dealkylation sites (N-methyl/N-ethyl adjacent to an activating group) is 1. The molecule has 0 aliphatic carbocycles. The van der Waals surface area contributed by atoms with Gasteiger partial charge in [0.15, 0.2) is 0 Å². The molecule has 4 rings (SSSR count). The third kappa shape index (κ3) is 5.48. The van der Waals surface area contributed by atoms with Crippen LogP contribution in [0.4, 0.5) is 33.3 Å². The van der Waals surface area contributed by atoms with Gasteiger partial charge in [-0.15, -0.1) is 0 Å². The molecule has 1 aromatic carbocycles. The van der Waals surface area contributed by atoms with E-state index in [4.69, 9.17) is 0 Å². The van der Waals surface area contributed by atoms with Gasteiger partial charge in [0.25, 0.3) is 5.91 Å².